The molecule has 1 spiro atoms. The number of amides is 1. The molecule has 1 aliphatic carbocycles. The average molecular weight is 701 g/mol. The van der Waals surface area contributed by atoms with Gasteiger partial charge in [0.05, 0.1) is 4.47 Å². The highest BCUT2D eigenvalue weighted by Gasteiger charge is 2.48. The van der Waals surface area contributed by atoms with Gasteiger partial charge in [-0.05, 0) is 95.4 Å². The van der Waals surface area contributed by atoms with Crippen LogP contribution in [0.5, 0.6) is 11.8 Å². The fourth-order valence-electron chi connectivity index (χ4n) is 6.42. The molecule has 1 amide bonds. The normalized spacial score (nSPS) is 22.0. The van der Waals surface area contributed by atoms with Crippen molar-refractivity contribution < 1.29 is 37.0 Å². The highest BCUT2D eigenvalue weighted by Crippen LogP contribution is 2.45. The molecule has 3 aliphatic rings. The average Bonchev–Trinajstić information content (AvgIpc) is 2.93. The number of likely N-dealkylation sites (tertiary alicyclic amines) is 1. The molecule has 10 nitrogen and oxygen atoms in total. The first-order chi connectivity index (χ1) is 21.1. The summed E-state index contributed by atoms with van der Waals surface area (Å²) < 4.78 is 56.9. The molecule has 3 heterocycles. The second-order valence-corrected chi connectivity index (χ2v) is 14.5. The number of aromatic nitrogens is 2. The first kappa shape index (κ1) is 33.5. The van der Waals surface area contributed by atoms with Gasteiger partial charge in [-0.1, -0.05) is 0 Å². The summed E-state index contributed by atoms with van der Waals surface area (Å²) in [4.78, 5) is 39.8. The highest BCUT2D eigenvalue weighted by molar-refractivity contribution is 9.10. The van der Waals surface area contributed by atoms with Crippen LogP contribution in [0.4, 0.5) is 23.8 Å². The van der Waals surface area contributed by atoms with E-state index in [9.17, 15) is 22.8 Å². The molecule has 1 aromatic carbocycles. The van der Waals surface area contributed by atoms with Crippen LogP contribution in [0, 0.1) is 5.41 Å². The Labute approximate surface area is 269 Å². The van der Waals surface area contributed by atoms with E-state index >= 15 is 0 Å². The smallest absolute Gasteiger partial charge is 0.422 e. The molecule has 2 aromatic rings. The van der Waals surface area contributed by atoms with Crippen molar-refractivity contribution in [3.05, 3.63) is 16.1 Å². The largest absolute Gasteiger partial charge is 0.481 e. The van der Waals surface area contributed by atoms with E-state index < -0.39 is 18.4 Å². The molecule has 0 radical (unpaired) electrons. The standard InChI is InChI=1S/C31H41BrF3N5O5/c1-29(2,3)45-28(42)40-16-30(17-40)10-12-39(13-11-30)26-22-14-19(15-41)23(32)25(43-18-31(33,34)35)24(22)36-27(37-26)44-21-8-6-20(7-9-21)38(4)5/h14-15,20-21H,6-13,16-18H2,1-5H3/t20-,21+. The molecule has 5 rings (SSSR count). The molecule has 2 saturated heterocycles. The Hall–Kier alpha value is -2.87. The third-order valence-electron chi connectivity index (χ3n) is 8.85. The zero-order valence-electron chi connectivity index (χ0n) is 26.4. The van der Waals surface area contributed by atoms with Gasteiger partial charge >= 0.3 is 18.3 Å². The van der Waals surface area contributed by atoms with E-state index in [-0.39, 0.29) is 44.9 Å². The zero-order valence-corrected chi connectivity index (χ0v) is 28.0. The van der Waals surface area contributed by atoms with Crippen LogP contribution in [0.1, 0.15) is 69.7 Å². The van der Waals surface area contributed by atoms with Crippen molar-refractivity contribution >= 4 is 45.0 Å². The van der Waals surface area contributed by atoms with Crippen molar-refractivity contribution in [2.45, 2.75) is 83.2 Å². The number of piperidine rings is 1. The number of hydrogen-bond donors (Lipinski definition) is 0. The Morgan fingerprint density at radius 2 is 1.76 bits per heavy atom. The summed E-state index contributed by atoms with van der Waals surface area (Å²) in [6, 6.07) is 2.09. The maximum Gasteiger partial charge on any atom is 0.422 e. The summed E-state index contributed by atoms with van der Waals surface area (Å²) >= 11 is 3.28. The van der Waals surface area contributed by atoms with E-state index in [4.69, 9.17) is 19.2 Å². The second-order valence-electron chi connectivity index (χ2n) is 13.7. The molecule has 1 saturated carbocycles. The van der Waals surface area contributed by atoms with Gasteiger partial charge < -0.3 is 28.9 Å². The molecule has 0 atom stereocenters. The van der Waals surface area contributed by atoms with Crippen molar-refractivity contribution in [3.63, 3.8) is 0 Å². The molecule has 0 unspecified atom stereocenters. The zero-order chi connectivity index (χ0) is 32.7. The van der Waals surface area contributed by atoms with Crippen LogP contribution in [-0.4, -0.2) is 103 Å². The number of carbonyl (C=O) groups is 2. The molecule has 1 aromatic heterocycles. The predicted octanol–water partition coefficient (Wildman–Crippen LogP) is 6.23. The molecular weight excluding hydrogens is 659 g/mol. The van der Waals surface area contributed by atoms with Gasteiger partial charge in [-0.3, -0.25) is 4.79 Å². The molecule has 3 fully saturated rings. The van der Waals surface area contributed by atoms with Crippen molar-refractivity contribution in [3.8, 4) is 11.8 Å². The van der Waals surface area contributed by atoms with Crippen molar-refractivity contribution in [2.24, 2.45) is 5.41 Å². The minimum Gasteiger partial charge on any atom is -0.481 e. The summed E-state index contributed by atoms with van der Waals surface area (Å²) in [6.07, 6.45) is 0.540. The molecule has 2 aliphatic heterocycles. The number of fused-ring (bicyclic) bond motifs is 1. The van der Waals surface area contributed by atoms with Crippen LogP contribution in [0.2, 0.25) is 0 Å². The Balaban J connectivity index is 1.43. The summed E-state index contributed by atoms with van der Waals surface area (Å²) in [5, 5.41) is 0.404. The molecule has 0 N–H and O–H groups in total. The van der Waals surface area contributed by atoms with E-state index in [1.165, 1.54) is 0 Å². The first-order valence-corrected chi connectivity index (χ1v) is 16.1. The van der Waals surface area contributed by atoms with Gasteiger partial charge in [-0.15, -0.1) is 0 Å². The Kier molecular flexibility index (Phi) is 9.48. The van der Waals surface area contributed by atoms with E-state index in [0.717, 1.165) is 38.5 Å². The van der Waals surface area contributed by atoms with Gasteiger partial charge in [0.15, 0.2) is 18.6 Å². The topological polar surface area (TPSA) is 97.3 Å². The summed E-state index contributed by atoms with van der Waals surface area (Å²) in [5.74, 6) is 0.292. The van der Waals surface area contributed by atoms with E-state index in [1.807, 2.05) is 20.8 Å². The third-order valence-corrected chi connectivity index (χ3v) is 9.67. The lowest BCUT2D eigenvalue weighted by molar-refractivity contribution is -0.153. The number of hydrogen-bond acceptors (Lipinski definition) is 9. The van der Waals surface area contributed by atoms with Crippen LogP contribution in [0.15, 0.2) is 10.5 Å². The SMILES string of the molecule is CN(C)[C@H]1CC[C@@H](Oc2nc(N3CCC4(CC3)CN(C(=O)OC(C)(C)C)C4)c3cc(C=O)c(Br)c(OCC(F)(F)F)c3n2)CC1. The number of rotatable bonds is 7. The second kappa shape index (κ2) is 12.7. The van der Waals surface area contributed by atoms with Crippen LogP contribution in [0.3, 0.4) is 0 Å². The molecule has 248 valence electrons. The van der Waals surface area contributed by atoms with Gasteiger partial charge in [0.1, 0.15) is 23.0 Å². The number of alkyl halides is 3. The Morgan fingerprint density at radius 1 is 1.11 bits per heavy atom. The monoisotopic (exact) mass is 699 g/mol. The molecule has 0 bridgehead atoms. The Morgan fingerprint density at radius 3 is 2.31 bits per heavy atom. The number of benzene rings is 1. The van der Waals surface area contributed by atoms with Gasteiger partial charge in [0, 0.05) is 48.6 Å². The van der Waals surface area contributed by atoms with Gasteiger partial charge in [-0.25, -0.2) is 4.79 Å². The maximum atomic E-state index is 13.3. The minimum atomic E-state index is -4.60. The van der Waals surface area contributed by atoms with Crippen LogP contribution in [-0.2, 0) is 4.74 Å². The number of ether oxygens (including phenoxy) is 3. The number of halogens is 4. The maximum absolute atomic E-state index is 13.3. The Bertz CT molecular complexity index is 1410. The molecule has 45 heavy (non-hydrogen) atoms. The summed E-state index contributed by atoms with van der Waals surface area (Å²) in [7, 11) is 4.11. The van der Waals surface area contributed by atoms with Gasteiger partial charge in [-0.2, -0.15) is 23.1 Å². The van der Waals surface area contributed by atoms with Gasteiger partial charge in [0.25, 0.3) is 0 Å². The highest BCUT2D eigenvalue weighted by atomic mass is 79.9. The summed E-state index contributed by atoms with van der Waals surface area (Å²) in [6.45, 7) is 6.35. The van der Waals surface area contributed by atoms with Crippen molar-refractivity contribution in [1.29, 1.82) is 0 Å². The lowest BCUT2D eigenvalue weighted by Crippen LogP contribution is -2.62. The quantitative estimate of drug-likeness (QED) is 0.312. The van der Waals surface area contributed by atoms with Gasteiger partial charge in [0.2, 0.25) is 0 Å². The summed E-state index contributed by atoms with van der Waals surface area (Å²) in [5.41, 5.74) is -0.348. The van der Waals surface area contributed by atoms with E-state index in [2.05, 4.69) is 44.8 Å². The lowest BCUT2D eigenvalue weighted by atomic mass is 9.72. The number of aldehydes is 1. The van der Waals surface area contributed by atoms with E-state index in [0.29, 0.717) is 49.7 Å². The van der Waals surface area contributed by atoms with Crippen molar-refractivity contribution in [1.82, 2.24) is 19.8 Å². The van der Waals surface area contributed by atoms with Crippen LogP contribution >= 0.6 is 15.9 Å². The van der Waals surface area contributed by atoms with Crippen molar-refractivity contribution in [2.75, 3.05) is 51.8 Å². The number of nitrogens with zero attached hydrogens (tertiary/aromatic N) is 5. The minimum absolute atomic E-state index is 0.0430. The number of anilines is 1. The van der Waals surface area contributed by atoms with E-state index in [1.54, 1.807) is 11.0 Å². The molecule has 14 heteroatoms. The van der Waals surface area contributed by atoms with Crippen LogP contribution < -0.4 is 14.4 Å². The predicted molar refractivity (Wildman–Crippen MR) is 166 cm³/mol. The number of carbonyl (C=O) groups excluding carboxylic acids is 2. The lowest BCUT2D eigenvalue weighted by Gasteiger charge is -2.53. The fourth-order valence-corrected chi connectivity index (χ4v) is 6.93. The first-order valence-electron chi connectivity index (χ1n) is 15.3. The fraction of sp³-hybridized carbons (Fsp3) is 0.677. The third kappa shape index (κ3) is 7.75. The molecular formula is C31H41BrF3N5O5. The van der Waals surface area contributed by atoms with Crippen LogP contribution in [0.25, 0.3) is 10.9 Å².